The second-order valence-electron chi connectivity index (χ2n) is 10.7. The van der Waals surface area contributed by atoms with Crippen LogP contribution in [0.4, 0.5) is 11.4 Å². The molecule has 0 unspecified atom stereocenters. The van der Waals surface area contributed by atoms with Crippen LogP contribution >= 0.6 is 23.1 Å². The second kappa shape index (κ2) is 13.9. The molecular weight excluding hydrogens is 659 g/mol. The van der Waals surface area contributed by atoms with Gasteiger partial charge in [-0.2, -0.15) is 0 Å². The third-order valence-electron chi connectivity index (χ3n) is 7.75. The molecular formula is C34H29N3O9S2. The van der Waals surface area contributed by atoms with E-state index in [0.29, 0.717) is 43.7 Å². The van der Waals surface area contributed by atoms with Gasteiger partial charge in [-0.15, -0.1) is 0 Å². The molecule has 14 heteroatoms. The van der Waals surface area contributed by atoms with Crippen LogP contribution in [0.2, 0.25) is 0 Å². The van der Waals surface area contributed by atoms with E-state index in [2.05, 4.69) is 10.3 Å². The highest BCUT2D eigenvalue weighted by Gasteiger charge is 2.56. The molecule has 48 heavy (non-hydrogen) atoms. The smallest absolute Gasteiger partial charge is 0.338 e. The lowest BCUT2D eigenvalue weighted by molar-refractivity contribution is -0.122. The molecule has 246 valence electrons. The summed E-state index contributed by atoms with van der Waals surface area (Å²) in [4.78, 5) is 80.9. The zero-order valence-electron chi connectivity index (χ0n) is 25.7. The molecule has 3 amide bonds. The van der Waals surface area contributed by atoms with Crippen LogP contribution in [0.3, 0.4) is 0 Å². The number of nitrogens with zero attached hydrogens (tertiary/aromatic N) is 1. The monoisotopic (exact) mass is 687 g/mol. The number of aromatic nitrogens is 1. The summed E-state index contributed by atoms with van der Waals surface area (Å²) in [5.74, 6) is -3.18. The summed E-state index contributed by atoms with van der Waals surface area (Å²) in [5.41, 5.74) is 2.18. The summed E-state index contributed by atoms with van der Waals surface area (Å²) < 4.78 is 15.7. The average Bonchev–Trinajstić information content (AvgIpc) is 3.58. The van der Waals surface area contributed by atoms with Crippen LogP contribution in [-0.4, -0.2) is 59.7 Å². The largest absolute Gasteiger partial charge is 0.484 e. The molecule has 6 rings (SSSR count). The van der Waals surface area contributed by atoms with E-state index in [4.69, 9.17) is 14.2 Å². The lowest BCUT2D eigenvalue weighted by Gasteiger charge is -2.29. The predicted octanol–water partition coefficient (Wildman–Crippen LogP) is 4.60. The third kappa shape index (κ3) is 6.49. The normalized spacial score (nSPS) is 18.1. The molecule has 3 atom stereocenters. The number of thioether (sulfide) groups is 1. The molecule has 1 aromatic heterocycles. The Morgan fingerprint density at radius 2 is 1.42 bits per heavy atom. The first-order valence-corrected chi connectivity index (χ1v) is 16.7. The van der Waals surface area contributed by atoms with Gasteiger partial charge in [0.15, 0.2) is 6.61 Å². The van der Waals surface area contributed by atoms with E-state index in [1.807, 2.05) is 0 Å². The number of H-pyrrole nitrogens is 1. The lowest BCUT2D eigenvalue weighted by Crippen LogP contribution is -2.32. The minimum absolute atomic E-state index is 0.218. The van der Waals surface area contributed by atoms with Crippen molar-refractivity contribution in [1.29, 1.82) is 0 Å². The van der Waals surface area contributed by atoms with Crippen molar-refractivity contribution in [2.45, 2.75) is 30.0 Å². The fourth-order valence-corrected chi connectivity index (χ4v) is 8.13. The number of anilines is 2. The number of benzene rings is 3. The van der Waals surface area contributed by atoms with Gasteiger partial charge in [0.25, 0.3) is 5.91 Å². The van der Waals surface area contributed by atoms with Gasteiger partial charge in [0.1, 0.15) is 11.0 Å². The van der Waals surface area contributed by atoms with Crippen molar-refractivity contribution in [1.82, 2.24) is 4.98 Å². The van der Waals surface area contributed by atoms with E-state index in [1.165, 1.54) is 36.0 Å². The molecule has 3 aromatic carbocycles. The van der Waals surface area contributed by atoms with Crippen molar-refractivity contribution in [2.75, 3.05) is 30.0 Å². The minimum Gasteiger partial charge on any atom is -0.484 e. The van der Waals surface area contributed by atoms with Gasteiger partial charge in [-0.05, 0) is 80.1 Å². The molecule has 0 aliphatic carbocycles. The number of aromatic amines is 1. The minimum atomic E-state index is -0.793. The fraction of sp³-hybridized carbons (Fsp3) is 0.235. The Kier molecular flexibility index (Phi) is 9.46. The summed E-state index contributed by atoms with van der Waals surface area (Å²) in [6.45, 7) is 3.61. The molecule has 0 bridgehead atoms. The second-order valence-corrected chi connectivity index (χ2v) is 12.9. The van der Waals surface area contributed by atoms with E-state index >= 15 is 0 Å². The maximum absolute atomic E-state index is 14.0. The van der Waals surface area contributed by atoms with Gasteiger partial charge < -0.3 is 24.5 Å². The molecule has 2 aliphatic rings. The SMILES string of the molecule is CCOC(=O)c1ccc(NC(=O)COc2ccc([C@@H]3c4sc(=O)[nH]c4S[C@H]4C(=O)N(c5ccc(C(=O)OCC)cc5)C(=O)[C@@H]34)cc2)cc1. The summed E-state index contributed by atoms with van der Waals surface area (Å²) in [6, 6.07) is 19.2. The van der Waals surface area contributed by atoms with Gasteiger partial charge in [0.2, 0.25) is 11.8 Å². The van der Waals surface area contributed by atoms with Crippen LogP contribution in [0.15, 0.2) is 82.6 Å². The fourth-order valence-electron chi connectivity index (χ4n) is 5.61. The first kappa shape index (κ1) is 32.7. The van der Waals surface area contributed by atoms with Gasteiger partial charge in [0, 0.05) is 16.5 Å². The Morgan fingerprint density at radius 3 is 2.02 bits per heavy atom. The number of fused-ring (bicyclic) bond motifs is 2. The average molecular weight is 688 g/mol. The highest BCUT2D eigenvalue weighted by atomic mass is 32.2. The number of carbonyl (C=O) groups is 5. The first-order valence-electron chi connectivity index (χ1n) is 15.0. The van der Waals surface area contributed by atoms with E-state index in [-0.39, 0.29) is 24.7 Å². The van der Waals surface area contributed by atoms with Crippen molar-refractivity contribution in [3.05, 3.63) is 104 Å². The molecule has 2 N–H and O–H groups in total. The number of carbonyl (C=O) groups excluding carboxylic acids is 5. The van der Waals surface area contributed by atoms with Crippen molar-refractivity contribution >= 4 is 64.1 Å². The number of nitrogens with one attached hydrogen (secondary N) is 2. The number of ether oxygens (including phenoxy) is 3. The maximum Gasteiger partial charge on any atom is 0.338 e. The van der Waals surface area contributed by atoms with Crippen LogP contribution in [0.25, 0.3) is 0 Å². The molecule has 3 heterocycles. The van der Waals surface area contributed by atoms with E-state index in [0.717, 1.165) is 16.2 Å². The van der Waals surface area contributed by atoms with E-state index in [1.54, 1.807) is 62.4 Å². The number of thiazole rings is 1. The molecule has 4 aromatic rings. The molecule has 0 saturated carbocycles. The van der Waals surface area contributed by atoms with Crippen LogP contribution < -0.4 is 19.8 Å². The zero-order chi connectivity index (χ0) is 33.9. The Morgan fingerprint density at radius 1 is 0.812 bits per heavy atom. The topological polar surface area (TPSA) is 161 Å². The summed E-state index contributed by atoms with van der Waals surface area (Å²) in [5, 5.41) is 2.47. The van der Waals surface area contributed by atoms with Crippen LogP contribution in [-0.2, 0) is 23.9 Å². The van der Waals surface area contributed by atoms with Crippen LogP contribution in [0, 0.1) is 5.92 Å². The number of imide groups is 1. The number of rotatable bonds is 10. The van der Waals surface area contributed by atoms with E-state index in [9.17, 15) is 28.8 Å². The van der Waals surface area contributed by atoms with Gasteiger partial charge >= 0.3 is 16.8 Å². The van der Waals surface area contributed by atoms with Gasteiger partial charge in [-0.1, -0.05) is 35.2 Å². The zero-order valence-corrected chi connectivity index (χ0v) is 27.4. The highest BCUT2D eigenvalue weighted by Crippen LogP contribution is 2.53. The van der Waals surface area contributed by atoms with Crippen molar-refractivity contribution in [3.8, 4) is 5.75 Å². The molecule has 0 spiro atoms. The summed E-state index contributed by atoms with van der Waals surface area (Å²) in [7, 11) is 0. The maximum atomic E-state index is 14.0. The number of hydrogen-bond acceptors (Lipinski definition) is 11. The Hall–Kier alpha value is -5.21. The van der Waals surface area contributed by atoms with Crippen molar-refractivity contribution in [2.24, 2.45) is 5.92 Å². The summed E-state index contributed by atoms with van der Waals surface area (Å²) >= 11 is 2.17. The first-order chi connectivity index (χ1) is 23.2. The Bertz CT molecular complexity index is 1940. The molecule has 1 fully saturated rings. The molecule has 1 saturated heterocycles. The Labute approximate surface area is 282 Å². The standard InChI is InChI=1S/C34H29N3O9S2/c1-3-44-32(41)19-5-11-21(12-6-19)35-24(38)17-46-23-15-9-18(10-16-23)25-26-28(47-29-27(25)48-34(43)36-29)31(40)37(30(26)39)22-13-7-20(8-14-22)33(42)45-4-2/h5-16,25-26,28H,3-4,17H2,1-2H3,(H,35,38)(H,36,43)/t25-,26-,28+/m0/s1. The summed E-state index contributed by atoms with van der Waals surface area (Å²) in [6.07, 6.45) is 0. The van der Waals surface area contributed by atoms with Crippen molar-refractivity contribution in [3.63, 3.8) is 0 Å². The highest BCUT2D eigenvalue weighted by molar-refractivity contribution is 8.00. The number of amides is 3. The van der Waals surface area contributed by atoms with Gasteiger partial charge in [0.05, 0.1) is 41.0 Å². The number of hydrogen-bond donors (Lipinski definition) is 2. The van der Waals surface area contributed by atoms with Crippen molar-refractivity contribution < 1.29 is 38.2 Å². The molecule has 0 radical (unpaired) electrons. The predicted molar refractivity (Wildman–Crippen MR) is 178 cm³/mol. The lowest BCUT2D eigenvalue weighted by atomic mass is 9.83. The van der Waals surface area contributed by atoms with Gasteiger partial charge in [-0.3, -0.25) is 19.2 Å². The Balaban J connectivity index is 1.17. The third-order valence-corrected chi connectivity index (χ3v) is 10.2. The quantitative estimate of drug-likeness (QED) is 0.178. The van der Waals surface area contributed by atoms with E-state index < -0.39 is 46.7 Å². The van der Waals surface area contributed by atoms with Crippen LogP contribution in [0.5, 0.6) is 5.75 Å². The van der Waals surface area contributed by atoms with Gasteiger partial charge in [-0.25, -0.2) is 14.5 Å². The molecule has 2 aliphatic heterocycles. The molecule has 12 nitrogen and oxygen atoms in total. The number of esters is 2. The van der Waals surface area contributed by atoms with Crippen LogP contribution in [0.1, 0.15) is 50.9 Å².